The first kappa shape index (κ1) is 23.4. The number of methoxy groups -OCH3 is 1. The Bertz CT molecular complexity index is 792. The van der Waals surface area contributed by atoms with Crippen molar-refractivity contribution in [2.24, 2.45) is 56.7 Å². The van der Waals surface area contributed by atoms with Crippen LogP contribution in [-0.2, 0) is 4.74 Å². The van der Waals surface area contributed by atoms with Gasteiger partial charge in [-0.2, -0.15) is 0 Å². The average Bonchev–Trinajstić information content (AvgIpc) is 3.08. The van der Waals surface area contributed by atoms with Crippen LogP contribution in [0.2, 0.25) is 0 Å². The molecule has 182 valence electrons. The SMILES string of the molecule is CO[C@@H]1CC[C@]2(C)C3=CC[C@@]4(C)[C@@H]5CC[C@H](C(C)C)[C@@]5(C)CC[C@]4(C)[C@H]3CC[C@H]2C1(C)C. The van der Waals surface area contributed by atoms with Crippen LogP contribution in [0.1, 0.15) is 113 Å². The molecule has 1 nitrogen and oxygen atoms in total. The Morgan fingerprint density at radius 3 is 2.16 bits per heavy atom. The van der Waals surface area contributed by atoms with Crippen LogP contribution in [-0.4, -0.2) is 13.2 Å². The van der Waals surface area contributed by atoms with Crippen LogP contribution in [0.15, 0.2) is 11.6 Å². The van der Waals surface area contributed by atoms with Gasteiger partial charge in [0, 0.05) is 7.11 Å². The summed E-state index contributed by atoms with van der Waals surface area (Å²) in [5, 5.41) is 0. The van der Waals surface area contributed by atoms with E-state index in [1.54, 1.807) is 0 Å². The summed E-state index contributed by atoms with van der Waals surface area (Å²) in [7, 11) is 1.94. The summed E-state index contributed by atoms with van der Waals surface area (Å²) >= 11 is 0. The molecule has 4 saturated carbocycles. The summed E-state index contributed by atoms with van der Waals surface area (Å²) < 4.78 is 6.03. The highest BCUT2D eigenvalue weighted by Crippen LogP contribution is 2.76. The molecule has 1 heteroatoms. The lowest BCUT2D eigenvalue weighted by atomic mass is 9.35. The normalized spacial score (nSPS) is 54.3. The van der Waals surface area contributed by atoms with E-state index in [0.717, 1.165) is 29.6 Å². The van der Waals surface area contributed by atoms with Crippen molar-refractivity contribution < 1.29 is 4.74 Å². The molecule has 0 aromatic rings. The Balaban J connectivity index is 1.54. The third-order valence-corrected chi connectivity index (χ3v) is 13.5. The van der Waals surface area contributed by atoms with Crippen molar-refractivity contribution in [1.82, 2.24) is 0 Å². The van der Waals surface area contributed by atoms with Crippen LogP contribution in [0.25, 0.3) is 0 Å². The minimum absolute atomic E-state index is 0.274. The summed E-state index contributed by atoms with van der Waals surface area (Å²) in [4.78, 5) is 0. The fourth-order valence-electron chi connectivity index (χ4n) is 11.7. The van der Waals surface area contributed by atoms with Crippen LogP contribution in [0.4, 0.5) is 0 Å². The van der Waals surface area contributed by atoms with E-state index in [9.17, 15) is 0 Å². The minimum Gasteiger partial charge on any atom is -0.381 e. The zero-order chi connectivity index (χ0) is 23.3. The number of fused-ring (bicyclic) bond motifs is 7. The maximum Gasteiger partial charge on any atom is 0.0625 e. The quantitative estimate of drug-likeness (QED) is 0.390. The molecule has 0 heterocycles. The van der Waals surface area contributed by atoms with Gasteiger partial charge in [-0.05, 0) is 114 Å². The lowest BCUT2D eigenvalue weighted by Gasteiger charge is -2.69. The largest absolute Gasteiger partial charge is 0.381 e. The van der Waals surface area contributed by atoms with Gasteiger partial charge in [-0.25, -0.2) is 0 Å². The number of allylic oxidation sites excluding steroid dienone is 2. The molecule has 0 radical (unpaired) electrons. The van der Waals surface area contributed by atoms with Gasteiger partial charge in [-0.1, -0.05) is 67.0 Å². The van der Waals surface area contributed by atoms with Gasteiger partial charge in [-0.15, -0.1) is 0 Å². The lowest BCUT2D eigenvalue weighted by Crippen LogP contribution is -2.62. The first-order valence-electron chi connectivity index (χ1n) is 14.1. The van der Waals surface area contributed by atoms with Crippen LogP contribution < -0.4 is 0 Å². The molecule has 5 rings (SSSR count). The third-order valence-electron chi connectivity index (χ3n) is 13.5. The molecule has 0 aromatic carbocycles. The Morgan fingerprint density at radius 1 is 0.812 bits per heavy atom. The fraction of sp³-hybridized carbons (Fsp3) is 0.935. The van der Waals surface area contributed by atoms with E-state index in [2.05, 4.69) is 61.5 Å². The third kappa shape index (κ3) is 2.67. The summed E-state index contributed by atoms with van der Waals surface area (Å²) in [6.07, 6.45) is 15.8. The maximum absolute atomic E-state index is 6.03. The van der Waals surface area contributed by atoms with E-state index < -0.39 is 0 Å². The van der Waals surface area contributed by atoms with E-state index in [1.807, 2.05) is 12.7 Å². The van der Waals surface area contributed by atoms with Crippen LogP contribution in [0, 0.1) is 56.7 Å². The monoisotopic (exact) mass is 440 g/mol. The molecule has 5 aliphatic carbocycles. The summed E-state index contributed by atoms with van der Waals surface area (Å²) in [5.41, 5.74) is 4.05. The Hall–Kier alpha value is -0.300. The molecule has 0 aliphatic heterocycles. The second-order valence-corrected chi connectivity index (χ2v) is 14.9. The topological polar surface area (TPSA) is 9.23 Å². The molecule has 0 N–H and O–H groups in total. The van der Waals surface area contributed by atoms with Gasteiger partial charge in [0.1, 0.15) is 0 Å². The number of hydrogen-bond donors (Lipinski definition) is 0. The molecule has 9 atom stereocenters. The molecule has 0 unspecified atom stereocenters. The zero-order valence-electron chi connectivity index (χ0n) is 22.8. The highest BCUT2D eigenvalue weighted by molar-refractivity contribution is 5.33. The Labute approximate surface area is 199 Å². The molecule has 4 fully saturated rings. The first-order valence-corrected chi connectivity index (χ1v) is 14.1. The maximum atomic E-state index is 6.03. The van der Waals surface area contributed by atoms with Crippen molar-refractivity contribution in [1.29, 1.82) is 0 Å². The van der Waals surface area contributed by atoms with Gasteiger partial charge in [0.15, 0.2) is 0 Å². The Morgan fingerprint density at radius 2 is 1.50 bits per heavy atom. The van der Waals surface area contributed by atoms with Crippen LogP contribution in [0.5, 0.6) is 0 Å². The standard InChI is InChI=1S/C31H52O/c1-20(2)21-10-13-25-29(21,6)18-19-30(7)23-11-12-24-27(3,4)26(32-9)15-16-28(24,5)22(23)14-17-31(25,30)8/h14,20-21,23-26H,10-13,15-19H2,1-9H3/t21-,23+,24+,25-,26-,28-,29-,30-,31+/m1/s1. The smallest absolute Gasteiger partial charge is 0.0625 e. The first-order chi connectivity index (χ1) is 14.9. The number of hydrogen-bond acceptors (Lipinski definition) is 1. The number of ether oxygens (including phenoxy) is 1. The summed E-state index contributed by atoms with van der Waals surface area (Å²) in [6, 6.07) is 0. The minimum atomic E-state index is 0.274. The molecule has 0 amide bonds. The highest BCUT2D eigenvalue weighted by Gasteiger charge is 2.68. The van der Waals surface area contributed by atoms with Gasteiger partial charge < -0.3 is 4.74 Å². The van der Waals surface area contributed by atoms with Gasteiger partial charge in [0.2, 0.25) is 0 Å². The van der Waals surface area contributed by atoms with Crippen LogP contribution >= 0.6 is 0 Å². The van der Waals surface area contributed by atoms with Gasteiger partial charge >= 0.3 is 0 Å². The van der Waals surface area contributed by atoms with E-state index in [0.29, 0.717) is 27.8 Å². The zero-order valence-corrected chi connectivity index (χ0v) is 22.8. The van der Waals surface area contributed by atoms with Crippen LogP contribution in [0.3, 0.4) is 0 Å². The summed E-state index contributed by atoms with van der Waals surface area (Å²) in [6.45, 7) is 20.9. The Kier molecular flexibility index (Phi) is 5.21. The predicted octanol–water partition coefficient (Wildman–Crippen LogP) is 8.68. The second kappa shape index (κ2) is 7.11. The molecule has 0 bridgehead atoms. The van der Waals surface area contributed by atoms with Gasteiger partial charge in [0.05, 0.1) is 6.10 Å². The van der Waals surface area contributed by atoms with Crippen molar-refractivity contribution in [3.63, 3.8) is 0 Å². The summed E-state index contributed by atoms with van der Waals surface area (Å²) in [5.74, 6) is 4.23. The fourth-order valence-corrected chi connectivity index (χ4v) is 11.7. The molecular weight excluding hydrogens is 388 g/mol. The molecule has 0 aromatic heterocycles. The van der Waals surface area contributed by atoms with E-state index in [-0.39, 0.29) is 5.41 Å². The second-order valence-electron chi connectivity index (χ2n) is 14.9. The van der Waals surface area contributed by atoms with Crippen molar-refractivity contribution in [2.45, 2.75) is 119 Å². The average molecular weight is 441 g/mol. The van der Waals surface area contributed by atoms with Gasteiger partial charge in [-0.3, -0.25) is 0 Å². The molecule has 32 heavy (non-hydrogen) atoms. The molecule has 5 aliphatic rings. The molecular formula is C31H52O. The van der Waals surface area contributed by atoms with Crippen molar-refractivity contribution in [3.8, 4) is 0 Å². The molecule has 0 spiro atoms. The molecule has 0 saturated heterocycles. The van der Waals surface area contributed by atoms with E-state index >= 15 is 0 Å². The predicted molar refractivity (Wildman–Crippen MR) is 135 cm³/mol. The van der Waals surface area contributed by atoms with Crippen molar-refractivity contribution in [3.05, 3.63) is 11.6 Å². The van der Waals surface area contributed by atoms with Gasteiger partial charge in [0.25, 0.3) is 0 Å². The van der Waals surface area contributed by atoms with Crippen molar-refractivity contribution >= 4 is 0 Å². The van der Waals surface area contributed by atoms with E-state index in [4.69, 9.17) is 4.74 Å². The van der Waals surface area contributed by atoms with Crippen molar-refractivity contribution in [2.75, 3.05) is 7.11 Å². The lowest BCUT2D eigenvalue weighted by molar-refractivity contribution is -0.168. The highest BCUT2D eigenvalue weighted by atomic mass is 16.5. The van der Waals surface area contributed by atoms with E-state index in [1.165, 1.54) is 57.8 Å². The number of rotatable bonds is 2.